The molecule has 0 radical (unpaired) electrons. The van der Waals surface area contributed by atoms with Gasteiger partial charge in [0.2, 0.25) is 0 Å². The Bertz CT molecular complexity index is 1400. The zero-order valence-corrected chi connectivity index (χ0v) is 20.2. The minimum absolute atomic E-state index is 0.0934. The van der Waals surface area contributed by atoms with Gasteiger partial charge in [-0.2, -0.15) is 0 Å². The topological polar surface area (TPSA) is 51.4 Å². The highest BCUT2D eigenvalue weighted by Crippen LogP contribution is 2.31. The predicted octanol–water partition coefficient (Wildman–Crippen LogP) is 4.02. The lowest BCUT2D eigenvalue weighted by Crippen LogP contribution is -2.40. The van der Waals surface area contributed by atoms with Crippen LogP contribution in [0.3, 0.4) is 0 Å². The van der Waals surface area contributed by atoms with Crippen molar-refractivity contribution in [1.82, 2.24) is 19.4 Å². The molecule has 0 spiro atoms. The number of fused-ring (bicyclic) bond motifs is 3. The highest BCUT2D eigenvalue weighted by molar-refractivity contribution is 5.87. The number of hydrogen-bond acceptors (Lipinski definition) is 4. The van der Waals surface area contributed by atoms with Crippen molar-refractivity contribution in [2.45, 2.75) is 38.5 Å². The quantitative estimate of drug-likeness (QED) is 0.465. The van der Waals surface area contributed by atoms with Crippen molar-refractivity contribution in [2.75, 3.05) is 19.6 Å². The van der Waals surface area contributed by atoms with Gasteiger partial charge in [0.05, 0.1) is 11.2 Å². The SMILES string of the molecule is Cn1c2c(c3ccc(-n4ccc(OCc5ccccc5)cc4=O)cc31)CN(CC1CCCN1)CC2. The molecule has 2 aromatic heterocycles. The Morgan fingerprint density at radius 3 is 2.77 bits per heavy atom. The molecule has 1 saturated heterocycles. The van der Waals surface area contributed by atoms with Crippen molar-refractivity contribution in [3.05, 3.63) is 94.0 Å². The van der Waals surface area contributed by atoms with Gasteiger partial charge in [0.1, 0.15) is 12.4 Å². The van der Waals surface area contributed by atoms with E-state index in [1.54, 1.807) is 10.6 Å². The smallest absolute Gasteiger partial charge is 0.258 e. The number of nitrogens with zero attached hydrogens (tertiary/aromatic N) is 3. The van der Waals surface area contributed by atoms with E-state index < -0.39 is 0 Å². The summed E-state index contributed by atoms with van der Waals surface area (Å²) in [6.45, 7) is 4.82. The number of benzene rings is 2. The van der Waals surface area contributed by atoms with Crippen LogP contribution in [0.15, 0.2) is 71.7 Å². The average molecular weight is 469 g/mol. The maximum absolute atomic E-state index is 12.9. The first kappa shape index (κ1) is 22.1. The van der Waals surface area contributed by atoms with Gasteiger partial charge >= 0.3 is 0 Å². The summed E-state index contributed by atoms with van der Waals surface area (Å²) in [5.74, 6) is 0.586. The number of ether oxygens (including phenoxy) is 1. The summed E-state index contributed by atoms with van der Waals surface area (Å²) >= 11 is 0. The summed E-state index contributed by atoms with van der Waals surface area (Å²) in [4.78, 5) is 15.5. The molecule has 2 aliphatic heterocycles. The highest BCUT2D eigenvalue weighted by atomic mass is 16.5. The second-order valence-electron chi connectivity index (χ2n) is 9.81. The molecule has 2 aliphatic rings. The standard InChI is InChI=1S/C29H32N4O2/c1-31-27-12-14-32(18-22-8-5-13-30-22)19-26(27)25-10-9-23(16-28(25)31)33-15-11-24(17-29(33)34)35-20-21-6-3-2-4-7-21/h2-4,6-7,9-11,15-17,22,30H,5,8,12-14,18-20H2,1H3. The minimum atomic E-state index is -0.0934. The number of hydrogen-bond donors (Lipinski definition) is 1. The van der Waals surface area contributed by atoms with Gasteiger partial charge in [0, 0.05) is 62.5 Å². The Morgan fingerprint density at radius 2 is 1.97 bits per heavy atom. The molecule has 4 aromatic rings. The van der Waals surface area contributed by atoms with E-state index in [0.717, 1.165) is 43.9 Å². The fourth-order valence-corrected chi connectivity index (χ4v) is 5.65. The number of pyridine rings is 1. The monoisotopic (exact) mass is 468 g/mol. The van der Waals surface area contributed by atoms with Crippen LogP contribution in [0.25, 0.3) is 16.6 Å². The van der Waals surface area contributed by atoms with Gasteiger partial charge in [-0.15, -0.1) is 0 Å². The zero-order valence-electron chi connectivity index (χ0n) is 20.2. The van der Waals surface area contributed by atoms with Crippen LogP contribution in [0.4, 0.5) is 0 Å². The molecule has 180 valence electrons. The van der Waals surface area contributed by atoms with E-state index >= 15 is 0 Å². The molecule has 1 N–H and O–H groups in total. The number of aryl methyl sites for hydroxylation is 1. The molecule has 6 nitrogen and oxygen atoms in total. The van der Waals surface area contributed by atoms with Crippen molar-refractivity contribution in [1.29, 1.82) is 0 Å². The number of aromatic nitrogens is 2. The van der Waals surface area contributed by atoms with Gasteiger partial charge in [-0.3, -0.25) is 14.3 Å². The molecular weight excluding hydrogens is 436 g/mol. The van der Waals surface area contributed by atoms with E-state index in [1.165, 1.54) is 35.0 Å². The van der Waals surface area contributed by atoms with Crippen LogP contribution in [0.2, 0.25) is 0 Å². The van der Waals surface area contributed by atoms with E-state index in [-0.39, 0.29) is 5.56 Å². The van der Waals surface area contributed by atoms with E-state index in [1.807, 2.05) is 42.6 Å². The van der Waals surface area contributed by atoms with Crippen molar-refractivity contribution >= 4 is 10.9 Å². The molecule has 6 heteroatoms. The van der Waals surface area contributed by atoms with Gasteiger partial charge in [-0.1, -0.05) is 36.4 Å². The lowest BCUT2D eigenvalue weighted by molar-refractivity contribution is 0.230. The van der Waals surface area contributed by atoms with E-state index in [9.17, 15) is 4.79 Å². The Kier molecular flexibility index (Phi) is 5.92. The van der Waals surface area contributed by atoms with Gasteiger partial charge in [-0.05, 0) is 48.7 Å². The van der Waals surface area contributed by atoms with Crippen molar-refractivity contribution in [3.63, 3.8) is 0 Å². The Hall–Kier alpha value is -3.35. The van der Waals surface area contributed by atoms with Crippen LogP contribution in [0.1, 0.15) is 29.7 Å². The first-order valence-corrected chi connectivity index (χ1v) is 12.6. The molecule has 0 bridgehead atoms. The summed E-state index contributed by atoms with van der Waals surface area (Å²) in [6, 6.07) is 20.4. The molecule has 1 unspecified atom stereocenters. The third-order valence-corrected chi connectivity index (χ3v) is 7.53. The second-order valence-corrected chi connectivity index (χ2v) is 9.81. The molecule has 6 rings (SSSR count). The molecule has 1 fully saturated rings. The third-order valence-electron chi connectivity index (χ3n) is 7.53. The van der Waals surface area contributed by atoms with Crippen molar-refractivity contribution in [3.8, 4) is 11.4 Å². The molecule has 0 saturated carbocycles. The van der Waals surface area contributed by atoms with Crippen molar-refractivity contribution < 1.29 is 4.74 Å². The van der Waals surface area contributed by atoms with Crippen LogP contribution in [-0.4, -0.2) is 39.7 Å². The highest BCUT2D eigenvalue weighted by Gasteiger charge is 2.25. The van der Waals surface area contributed by atoms with Crippen LogP contribution < -0.4 is 15.6 Å². The number of nitrogens with one attached hydrogen (secondary N) is 1. The molecular formula is C29H32N4O2. The molecule has 1 atom stereocenters. The molecule has 0 aliphatic carbocycles. The first-order valence-electron chi connectivity index (χ1n) is 12.6. The van der Waals surface area contributed by atoms with E-state index in [0.29, 0.717) is 18.4 Å². The maximum Gasteiger partial charge on any atom is 0.258 e. The summed E-state index contributed by atoms with van der Waals surface area (Å²) in [5, 5.41) is 4.93. The van der Waals surface area contributed by atoms with Crippen LogP contribution >= 0.6 is 0 Å². The fraction of sp³-hybridized carbons (Fsp3) is 0.345. The van der Waals surface area contributed by atoms with Crippen LogP contribution in [-0.2, 0) is 26.6 Å². The van der Waals surface area contributed by atoms with Gasteiger partial charge in [-0.25, -0.2) is 0 Å². The summed E-state index contributed by atoms with van der Waals surface area (Å²) < 4.78 is 9.85. The Labute approximate surface area is 205 Å². The molecule has 2 aromatic carbocycles. The molecule has 4 heterocycles. The molecule has 35 heavy (non-hydrogen) atoms. The average Bonchev–Trinajstić information content (AvgIpc) is 3.49. The maximum atomic E-state index is 12.9. The Morgan fingerprint density at radius 1 is 1.09 bits per heavy atom. The van der Waals surface area contributed by atoms with Crippen LogP contribution in [0, 0.1) is 0 Å². The van der Waals surface area contributed by atoms with E-state index in [4.69, 9.17) is 4.74 Å². The lowest BCUT2D eigenvalue weighted by atomic mass is 10.0. The lowest BCUT2D eigenvalue weighted by Gasteiger charge is -2.30. The molecule has 0 amide bonds. The Balaban J connectivity index is 1.24. The fourth-order valence-electron chi connectivity index (χ4n) is 5.65. The summed E-state index contributed by atoms with van der Waals surface area (Å²) in [7, 11) is 2.16. The summed E-state index contributed by atoms with van der Waals surface area (Å²) in [5.41, 5.74) is 5.91. The summed E-state index contributed by atoms with van der Waals surface area (Å²) in [6.07, 6.45) is 5.45. The second kappa shape index (κ2) is 9.36. The van der Waals surface area contributed by atoms with Crippen molar-refractivity contribution in [2.24, 2.45) is 7.05 Å². The van der Waals surface area contributed by atoms with E-state index in [2.05, 4.69) is 40.0 Å². The van der Waals surface area contributed by atoms with Gasteiger partial charge < -0.3 is 14.6 Å². The zero-order chi connectivity index (χ0) is 23.8. The largest absolute Gasteiger partial charge is 0.489 e. The predicted molar refractivity (Wildman–Crippen MR) is 139 cm³/mol. The third kappa shape index (κ3) is 4.40. The van der Waals surface area contributed by atoms with Crippen LogP contribution in [0.5, 0.6) is 5.75 Å². The number of rotatable bonds is 6. The normalized spacial score (nSPS) is 18.1. The minimum Gasteiger partial charge on any atom is -0.489 e. The van der Waals surface area contributed by atoms with Gasteiger partial charge in [0.15, 0.2) is 0 Å². The van der Waals surface area contributed by atoms with Gasteiger partial charge in [0.25, 0.3) is 5.56 Å². The first-order chi connectivity index (χ1) is 17.2.